The highest BCUT2D eigenvalue weighted by Crippen LogP contribution is 2.50. The van der Waals surface area contributed by atoms with Crippen molar-refractivity contribution in [1.82, 2.24) is 0 Å². The number of ether oxygens (including phenoxy) is 4. The topological polar surface area (TPSA) is 192 Å². The van der Waals surface area contributed by atoms with E-state index in [0.29, 0.717) is 12.0 Å². The van der Waals surface area contributed by atoms with E-state index in [9.17, 15) is 40.2 Å². The van der Waals surface area contributed by atoms with Crippen LogP contribution in [0.15, 0.2) is 30.3 Å². The normalized spacial score (nSPS) is 39.5. The van der Waals surface area contributed by atoms with Crippen molar-refractivity contribution in [2.45, 2.75) is 55.8 Å². The summed E-state index contributed by atoms with van der Waals surface area (Å²) in [6.07, 6.45) is -5.32. The first-order chi connectivity index (χ1) is 17.5. The lowest BCUT2D eigenvalue weighted by Crippen LogP contribution is -2.59. The fraction of sp³-hybridized carbons (Fsp3) is 0.600. The van der Waals surface area contributed by atoms with Gasteiger partial charge in [-0.15, -0.1) is 0 Å². The first-order valence-corrected chi connectivity index (χ1v) is 12.0. The van der Waals surface area contributed by atoms with E-state index in [1.54, 1.807) is 19.1 Å². The van der Waals surface area contributed by atoms with Crippen LogP contribution < -0.4 is 0 Å². The van der Waals surface area contributed by atoms with Gasteiger partial charge in [0.15, 0.2) is 6.29 Å². The van der Waals surface area contributed by atoms with Crippen LogP contribution in [0.5, 0.6) is 5.75 Å². The lowest BCUT2D eigenvalue weighted by molar-refractivity contribution is -0.304. The average molecular weight is 525 g/mol. The monoisotopic (exact) mass is 524 g/mol. The predicted molar refractivity (Wildman–Crippen MR) is 123 cm³/mol. The van der Waals surface area contributed by atoms with E-state index in [4.69, 9.17) is 18.9 Å². The van der Waals surface area contributed by atoms with Crippen LogP contribution in [0.2, 0.25) is 0 Å². The number of benzene rings is 1. The van der Waals surface area contributed by atoms with Gasteiger partial charge in [-0.3, -0.25) is 4.79 Å². The number of carbonyl (C=O) groups excluding carboxylic acids is 2. The highest BCUT2D eigenvalue weighted by molar-refractivity contribution is 5.87. The van der Waals surface area contributed by atoms with Crippen LogP contribution in [-0.4, -0.2) is 105 Å². The van der Waals surface area contributed by atoms with Crippen molar-refractivity contribution in [1.29, 1.82) is 0 Å². The van der Waals surface area contributed by atoms with E-state index in [1.807, 2.05) is 0 Å². The summed E-state index contributed by atoms with van der Waals surface area (Å²) in [7, 11) is 0. The summed E-state index contributed by atoms with van der Waals surface area (Å²) in [6, 6.07) is 6.08. The fourth-order valence-corrected chi connectivity index (χ4v) is 5.25. The number of phenols is 1. The van der Waals surface area contributed by atoms with Crippen molar-refractivity contribution in [2.24, 2.45) is 17.8 Å². The number of carbonyl (C=O) groups is 2. The number of hydrogen-bond acceptors (Lipinski definition) is 12. The van der Waals surface area contributed by atoms with Crippen LogP contribution in [0.1, 0.15) is 18.9 Å². The average Bonchev–Trinajstić information content (AvgIpc) is 3.32. The van der Waals surface area contributed by atoms with Gasteiger partial charge in [-0.25, -0.2) is 4.79 Å². The van der Waals surface area contributed by atoms with Crippen molar-refractivity contribution >= 4 is 18.0 Å². The number of rotatable bonds is 8. The molecule has 2 saturated heterocycles. The summed E-state index contributed by atoms with van der Waals surface area (Å²) < 4.78 is 21.6. The maximum atomic E-state index is 12.4. The molecule has 3 aliphatic rings. The Bertz CT molecular complexity index is 996. The fourth-order valence-electron chi connectivity index (χ4n) is 5.25. The lowest BCUT2D eigenvalue weighted by atomic mass is 9.78. The number of aromatic hydroxyl groups is 1. The molecule has 6 N–H and O–H groups in total. The molecule has 1 aromatic rings. The van der Waals surface area contributed by atoms with Crippen LogP contribution in [0, 0.1) is 17.8 Å². The summed E-state index contributed by atoms with van der Waals surface area (Å²) >= 11 is 0. The van der Waals surface area contributed by atoms with E-state index in [1.165, 1.54) is 18.2 Å². The molecule has 1 aliphatic carbocycles. The molecule has 4 rings (SSSR count). The Kier molecular flexibility index (Phi) is 8.19. The van der Waals surface area contributed by atoms with Gasteiger partial charge in [0.05, 0.1) is 24.7 Å². The Morgan fingerprint density at radius 2 is 1.84 bits per heavy atom. The van der Waals surface area contributed by atoms with Crippen molar-refractivity contribution in [2.75, 3.05) is 19.8 Å². The Morgan fingerprint density at radius 3 is 2.51 bits per heavy atom. The molecule has 0 unspecified atom stereocenters. The van der Waals surface area contributed by atoms with Gasteiger partial charge in [-0.05, 0) is 36.1 Å². The number of aliphatic hydroxyl groups excluding tert-OH is 4. The lowest BCUT2D eigenvalue weighted by Gasteiger charge is -2.40. The van der Waals surface area contributed by atoms with Gasteiger partial charge in [-0.2, -0.15) is 0 Å². The molecule has 204 valence electrons. The van der Waals surface area contributed by atoms with Crippen LogP contribution >= 0.6 is 0 Å². The second-order valence-corrected chi connectivity index (χ2v) is 9.80. The number of esters is 2. The van der Waals surface area contributed by atoms with E-state index in [2.05, 4.69) is 0 Å². The zero-order valence-electron chi connectivity index (χ0n) is 20.1. The minimum atomic E-state index is -1.70. The van der Waals surface area contributed by atoms with E-state index in [0.717, 1.165) is 6.08 Å². The second kappa shape index (κ2) is 11.0. The minimum Gasteiger partial charge on any atom is -0.508 e. The second-order valence-electron chi connectivity index (χ2n) is 9.80. The molecule has 0 radical (unpaired) electrons. The SMILES string of the molecule is C[C@H]1C[C@@H]2OC(=O)[C@@H](CO[C@@H]3O[C@H](COC(=O)/C=C/c4ccc(O)cc4)[C@@H](O)[C@H](O)[C@H]3O)[C@@H]2[C@]1(O)CO. The first-order valence-electron chi connectivity index (χ1n) is 12.0. The molecular formula is C25H32O12. The third-order valence-electron chi connectivity index (χ3n) is 7.48. The van der Waals surface area contributed by atoms with Crippen LogP contribution in [0.4, 0.5) is 0 Å². The number of phenolic OH excluding ortho intramolecular Hbond substituents is 1. The molecule has 0 aromatic heterocycles. The highest BCUT2D eigenvalue weighted by atomic mass is 16.7. The minimum absolute atomic E-state index is 0.0761. The van der Waals surface area contributed by atoms with Crippen molar-refractivity contribution in [3.05, 3.63) is 35.9 Å². The first kappa shape index (κ1) is 27.5. The standard InChI is InChI=1S/C25H32O12/c1-12-8-16-19(25(12,33)11-26)15(23(32)36-16)9-35-24-22(31)21(30)20(29)17(37-24)10-34-18(28)7-4-13-2-5-14(27)6-3-13/h2-7,12,15-17,19-22,24,26-27,29-31,33H,8-11H2,1H3/b7-4+/t12-,15-,16-,17+,19-,20+,21-,22+,24+,25-/m0/s1. The van der Waals surface area contributed by atoms with Gasteiger partial charge >= 0.3 is 11.9 Å². The Labute approximate surface area is 212 Å². The summed E-state index contributed by atoms with van der Waals surface area (Å²) in [4.78, 5) is 24.5. The van der Waals surface area contributed by atoms with Gasteiger partial charge in [0, 0.05) is 12.0 Å². The molecule has 0 amide bonds. The molecule has 0 bridgehead atoms. The molecule has 12 nitrogen and oxygen atoms in total. The Morgan fingerprint density at radius 1 is 1.14 bits per heavy atom. The smallest absolute Gasteiger partial charge is 0.330 e. The third-order valence-corrected chi connectivity index (χ3v) is 7.48. The van der Waals surface area contributed by atoms with Crippen molar-refractivity contribution < 1.29 is 59.2 Å². The maximum Gasteiger partial charge on any atom is 0.330 e. The zero-order valence-corrected chi connectivity index (χ0v) is 20.1. The molecule has 1 aromatic carbocycles. The molecular weight excluding hydrogens is 492 g/mol. The summed E-state index contributed by atoms with van der Waals surface area (Å²) in [5.74, 6) is -3.31. The van der Waals surface area contributed by atoms with Crippen molar-refractivity contribution in [3.8, 4) is 5.75 Å². The zero-order chi connectivity index (χ0) is 26.9. The van der Waals surface area contributed by atoms with E-state index in [-0.39, 0.29) is 18.3 Å². The van der Waals surface area contributed by atoms with Crippen LogP contribution in [0.3, 0.4) is 0 Å². The van der Waals surface area contributed by atoms with Gasteiger partial charge in [0.1, 0.15) is 42.9 Å². The van der Waals surface area contributed by atoms with E-state index >= 15 is 0 Å². The van der Waals surface area contributed by atoms with Crippen LogP contribution in [-0.2, 0) is 28.5 Å². The molecule has 1 saturated carbocycles. The van der Waals surface area contributed by atoms with Gasteiger partial charge in [0.25, 0.3) is 0 Å². The molecule has 12 heteroatoms. The predicted octanol–water partition coefficient (Wildman–Crippen LogP) is -1.31. The highest BCUT2D eigenvalue weighted by Gasteiger charge is 2.62. The maximum absolute atomic E-state index is 12.4. The van der Waals surface area contributed by atoms with E-state index < -0.39 is 79.4 Å². The molecule has 2 aliphatic heterocycles. The van der Waals surface area contributed by atoms with Gasteiger partial charge in [0.2, 0.25) is 0 Å². The molecule has 2 heterocycles. The summed E-state index contributed by atoms with van der Waals surface area (Å²) in [5, 5.41) is 60.9. The molecule has 37 heavy (non-hydrogen) atoms. The molecule has 0 spiro atoms. The number of aliphatic hydroxyl groups is 5. The summed E-state index contributed by atoms with van der Waals surface area (Å²) in [5.41, 5.74) is -0.912. The molecule has 10 atom stereocenters. The number of fused-ring (bicyclic) bond motifs is 1. The largest absolute Gasteiger partial charge is 0.508 e. The molecule has 3 fully saturated rings. The third kappa shape index (κ3) is 5.50. The Balaban J connectivity index is 1.35. The number of hydrogen-bond donors (Lipinski definition) is 6. The Hall–Kier alpha value is -2.58. The summed E-state index contributed by atoms with van der Waals surface area (Å²) in [6.45, 7) is 0.366. The van der Waals surface area contributed by atoms with Gasteiger partial charge < -0.3 is 49.6 Å². The van der Waals surface area contributed by atoms with Crippen LogP contribution in [0.25, 0.3) is 6.08 Å². The quantitative estimate of drug-likeness (QED) is 0.174. The van der Waals surface area contributed by atoms with Crippen molar-refractivity contribution in [3.63, 3.8) is 0 Å². The van der Waals surface area contributed by atoms with Gasteiger partial charge in [-0.1, -0.05) is 19.1 Å².